The highest BCUT2D eigenvalue weighted by atomic mass is 16.2. The molecule has 3 rings (SSSR count). The highest BCUT2D eigenvalue weighted by Crippen LogP contribution is 2.32. The third kappa shape index (κ3) is 3.62. The summed E-state index contributed by atoms with van der Waals surface area (Å²) in [7, 11) is 0. The Bertz CT molecular complexity index is 640. The zero-order valence-corrected chi connectivity index (χ0v) is 15.1. The van der Waals surface area contributed by atoms with Crippen molar-refractivity contribution in [1.29, 1.82) is 0 Å². The summed E-state index contributed by atoms with van der Waals surface area (Å²) in [6.07, 6.45) is 3.75. The van der Waals surface area contributed by atoms with E-state index in [1.807, 2.05) is 22.6 Å². The van der Waals surface area contributed by atoms with Crippen LogP contribution in [-0.4, -0.2) is 39.6 Å². The van der Waals surface area contributed by atoms with Gasteiger partial charge in [0.1, 0.15) is 5.82 Å². The maximum absolute atomic E-state index is 12.7. The van der Waals surface area contributed by atoms with Gasteiger partial charge in [-0.3, -0.25) is 9.59 Å². The second-order valence-electron chi connectivity index (χ2n) is 8.14. The molecular weight excluding hydrogens is 304 g/mol. The number of likely N-dealkylation sites (tertiary alicyclic amines) is 1. The molecule has 132 valence electrons. The summed E-state index contributed by atoms with van der Waals surface area (Å²) < 4.78 is 1.86. The molecule has 0 aromatic carbocycles. The zero-order chi connectivity index (χ0) is 17.5. The number of aromatic nitrogens is 2. The number of aryl methyl sites for hydroxylation is 1. The molecule has 0 bridgehead atoms. The number of carbonyl (C=O) groups excluding carboxylic acids is 2. The van der Waals surface area contributed by atoms with E-state index in [-0.39, 0.29) is 29.2 Å². The van der Waals surface area contributed by atoms with Gasteiger partial charge in [-0.2, -0.15) is 5.10 Å². The molecule has 1 aromatic rings. The molecule has 2 aliphatic rings. The van der Waals surface area contributed by atoms with E-state index in [1.54, 1.807) is 0 Å². The molecule has 1 aliphatic heterocycles. The number of hydrogen-bond donors (Lipinski definition) is 1. The number of carbonyl (C=O) groups is 2. The number of piperidine rings is 1. The van der Waals surface area contributed by atoms with Crippen molar-refractivity contribution in [2.45, 2.75) is 58.9 Å². The molecule has 1 N–H and O–H groups in total. The Hall–Kier alpha value is -1.85. The Balaban J connectivity index is 1.67. The van der Waals surface area contributed by atoms with E-state index in [9.17, 15) is 9.59 Å². The minimum absolute atomic E-state index is 0.00584. The van der Waals surface area contributed by atoms with Gasteiger partial charge in [-0.15, -0.1) is 0 Å². The Labute approximate surface area is 143 Å². The maximum atomic E-state index is 12.7. The second kappa shape index (κ2) is 6.22. The van der Waals surface area contributed by atoms with Gasteiger partial charge in [0, 0.05) is 25.1 Å². The third-order valence-electron chi connectivity index (χ3n) is 4.75. The number of anilines is 1. The molecular formula is C18H28N4O2. The monoisotopic (exact) mass is 332 g/mol. The van der Waals surface area contributed by atoms with Crippen molar-refractivity contribution >= 4 is 17.6 Å². The second-order valence-corrected chi connectivity index (χ2v) is 8.14. The van der Waals surface area contributed by atoms with E-state index in [4.69, 9.17) is 0 Å². The number of nitrogens with zero attached hydrogens (tertiary/aromatic N) is 3. The average Bonchev–Trinajstić information content (AvgIpc) is 3.29. The van der Waals surface area contributed by atoms with Crippen LogP contribution in [0.15, 0.2) is 6.07 Å². The average molecular weight is 332 g/mol. The normalized spacial score (nSPS) is 21.7. The summed E-state index contributed by atoms with van der Waals surface area (Å²) >= 11 is 0. The molecule has 1 aromatic heterocycles. The molecule has 2 heterocycles. The first kappa shape index (κ1) is 17.0. The van der Waals surface area contributed by atoms with Crippen molar-refractivity contribution in [3.63, 3.8) is 0 Å². The van der Waals surface area contributed by atoms with E-state index in [1.165, 1.54) is 0 Å². The lowest BCUT2D eigenvalue weighted by molar-refractivity contribution is -0.135. The molecule has 24 heavy (non-hydrogen) atoms. The van der Waals surface area contributed by atoms with E-state index in [2.05, 4.69) is 31.2 Å². The van der Waals surface area contributed by atoms with Gasteiger partial charge in [0.05, 0.1) is 17.2 Å². The Kier molecular flexibility index (Phi) is 4.40. The molecule has 6 nitrogen and oxygen atoms in total. The summed E-state index contributed by atoms with van der Waals surface area (Å²) in [5.41, 5.74) is 0.687. The molecule has 0 spiro atoms. The van der Waals surface area contributed by atoms with E-state index in [0.29, 0.717) is 6.54 Å². The SMILES string of the molecule is Cc1cc(NC(=O)[C@H]2CCCN(C(=O)C3CC3)C2)n(C(C)(C)C)n1. The molecule has 2 fully saturated rings. The minimum atomic E-state index is -0.197. The molecule has 1 atom stereocenters. The van der Waals surface area contributed by atoms with Crippen LogP contribution in [0.4, 0.5) is 5.82 Å². The first-order chi connectivity index (χ1) is 11.3. The topological polar surface area (TPSA) is 67.2 Å². The van der Waals surface area contributed by atoms with Gasteiger partial charge in [0.2, 0.25) is 11.8 Å². The van der Waals surface area contributed by atoms with Crippen molar-refractivity contribution in [2.75, 3.05) is 18.4 Å². The van der Waals surface area contributed by atoms with Gasteiger partial charge in [-0.05, 0) is 53.4 Å². The van der Waals surface area contributed by atoms with Crippen molar-refractivity contribution in [2.24, 2.45) is 11.8 Å². The highest BCUT2D eigenvalue weighted by molar-refractivity contribution is 5.92. The highest BCUT2D eigenvalue weighted by Gasteiger charge is 2.37. The molecule has 6 heteroatoms. The molecule has 1 saturated carbocycles. The number of nitrogens with one attached hydrogen (secondary N) is 1. The Morgan fingerprint density at radius 3 is 2.54 bits per heavy atom. The van der Waals surface area contributed by atoms with Crippen LogP contribution < -0.4 is 5.32 Å². The van der Waals surface area contributed by atoms with Crippen LogP contribution >= 0.6 is 0 Å². The Morgan fingerprint density at radius 1 is 1.21 bits per heavy atom. The maximum Gasteiger partial charge on any atom is 0.230 e. The van der Waals surface area contributed by atoms with E-state index >= 15 is 0 Å². The lowest BCUT2D eigenvalue weighted by Gasteiger charge is -2.32. The predicted octanol–water partition coefficient (Wildman–Crippen LogP) is 2.53. The molecule has 1 aliphatic carbocycles. The minimum Gasteiger partial charge on any atom is -0.342 e. The fraction of sp³-hybridized carbons (Fsp3) is 0.722. The van der Waals surface area contributed by atoms with E-state index < -0.39 is 0 Å². The first-order valence-electron chi connectivity index (χ1n) is 8.92. The van der Waals surface area contributed by atoms with Crippen LogP contribution in [0.5, 0.6) is 0 Å². The van der Waals surface area contributed by atoms with Gasteiger partial charge in [0.15, 0.2) is 0 Å². The number of hydrogen-bond acceptors (Lipinski definition) is 3. The van der Waals surface area contributed by atoms with Gasteiger partial charge in [0.25, 0.3) is 0 Å². The first-order valence-corrected chi connectivity index (χ1v) is 8.92. The standard InChI is InChI=1S/C18H28N4O2/c1-12-10-15(22(20-12)18(2,3)4)19-16(23)14-6-5-9-21(11-14)17(24)13-7-8-13/h10,13-14H,5-9,11H2,1-4H3,(H,19,23)/t14-/m0/s1. The van der Waals surface area contributed by atoms with Crippen LogP contribution in [0.25, 0.3) is 0 Å². The zero-order valence-electron chi connectivity index (χ0n) is 15.1. The Morgan fingerprint density at radius 2 is 1.92 bits per heavy atom. The van der Waals surface area contributed by atoms with Gasteiger partial charge in [-0.25, -0.2) is 4.68 Å². The van der Waals surface area contributed by atoms with Crippen LogP contribution in [0, 0.1) is 18.8 Å². The number of amides is 2. The van der Waals surface area contributed by atoms with Crippen LogP contribution in [-0.2, 0) is 15.1 Å². The molecule has 2 amide bonds. The van der Waals surface area contributed by atoms with Crippen LogP contribution in [0.3, 0.4) is 0 Å². The fourth-order valence-corrected chi connectivity index (χ4v) is 3.31. The van der Waals surface area contributed by atoms with Gasteiger partial charge >= 0.3 is 0 Å². The van der Waals surface area contributed by atoms with Crippen LogP contribution in [0.1, 0.15) is 52.1 Å². The van der Waals surface area contributed by atoms with Crippen molar-refractivity contribution in [3.05, 3.63) is 11.8 Å². The summed E-state index contributed by atoms with van der Waals surface area (Å²) in [5.74, 6) is 1.05. The molecule has 1 saturated heterocycles. The summed E-state index contributed by atoms with van der Waals surface area (Å²) in [5, 5.41) is 7.53. The summed E-state index contributed by atoms with van der Waals surface area (Å²) in [4.78, 5) is 26.9. The van der Waals surface area contributed by atoms with Crippen molar-refractivity contribution < 1.29 is 9.59 Å². The third-order valence-corrected chi connectivity index (χ3v) is 4.75. The van der Waals surface area contributed by atoms with Crippen LogP contribution in [0.2, 0.25) is 0 Å². The largest absolute Gasteiger partial charge is 0.342 e. The van der Waals surface area contributed by atoms with Crippen molar-refractivity contribution in [3.8, 4) is 0 Å². The molecule has 0 unspecified atom stereocenters. The van der Waals surface area contributed by atoms with Gasteiger partial charge in [-0.1, -0.05) is 0 Å². The van der Waals surface area contributed by atoms with Crippen molar-refractivity contribution in [1.82, 2.24) is 14.7 Å². The lowest BCUT2D eigenvalue weighted by atomic mass is 9.96. The lowest BCUT2D eigenvalue weighted by Crippen LogP contribution is -2.44. The van der Waals surface area contributed by atoms with Gasteiger partial charge < -0.3 is 10.2 Å². The quantitative estimate of drug-likeness (QED) is 0.925. The fourth-order valence-electron chi connectivity index (χ4n) is 3.31. The predicted molar refractivity (Wildman–Crippen MR) is 92.6 cm³/mol. The van der Waals surface area contributed by atoms with E-state index in [0.717, 1.165) is 43.7 Å². The summed E-state index contributed by atoms with van der Waals surface area (Å²) in [6.45, 7) is 9.44. The summed E-state index contributed by atoms with van der Waals surface area (Å²) in [6, 6.07) is 1.90. The molecule has 0 radical (unpaired) electrons. The number of rotatable bonds is 3. The smallest absolute Gasteiger partial charge is 0.230 e.